The summed E-state index contributed by atoms with van der Waals surface area (Å²) >= 11 is 0. The lowest BCUT2D eigenvalue weighted by Gasteiger charge is -2.08. The van der Waals surface area contributed by atoms with Gasteiger partial charge in [-0.15, -0.1) is 0 Å². The fourth-order valence-corrected chi connectivity index (χ4v) is 1.67. The molecule has 2 heteroatoms. The van der Waals surface area contributed by atoms with Crippen molar-refractivity contribution in [3.05, 3.63) is 0 Å². The van der Waals surface area contributed by atoms with Gasteiger partial charge in [0, 0.05) is 12.5 Å². The van der Waals surface area contributed by atoms with E-state index < -0.39 is 0 Å². The molecule has 2 nitrogen and oxygen atoms in total. The molecule has 2 aliphatic heterocycles. The number of hydrogen-bond acceptors (Lipinski definition) is 2. The molecule has 0 aromatic heterocycles. The second-order valence-electron chi connectivity index (χ2n) is 2.97. The van der Waals surface area contributed by atoms with Crippen LogP contribution in [-0.2, 0) is 9.47 Å². The van der Waals surface area contributed by atoms with Crippen molar-refractivity contribution in [2.75, 3.05) is 13.2 Å². The molecular weight excluding hydrogens is 116 g/mol. The summed E-state index contributed by atoms with van der Waals surface area (Å²) in [7, 11) is 0. The Morgan fingerprint density at radius 2 is 2.22 bits per heavy atom. The topological polar surface area (TPSA) is 18.5 Å². The van der Waals surface area contributed by atoms with E-state index in [1.165, 1.54) is 0 Å². The molecule has 2 heterocycles. The summed E-state index contributed by atoms with van der Waals surface area (Å²) in [6.07, 6.45) is 1.96. The van der Waals surface area contributed by atoms with Gasteiger partial charge in [-0.25, -0.2) is 0 Å². The van der Waals surface area contributed by atoms with Gasteiger partial charge in [0.25, 0.3) is 0 Å². The van der Waals surface area contributed by atoms with Gasteiger partial charge in [-0.3, -0.25) is 0 Å². The Morgan fingerprint density at radius 3 is 3.00 bits per heavy atom. The highest BCUT2D eigenvalue weighted by Gasteiger charge is 2.38. The molecule has 0 saturated carbocycles. The monoisotopic (exact) mass is 128 g/mol. The lowest BCUT2D eigenvalue weighted by atomic mass is 10.1. The number of rotatable bonds is 0. The molecule has 2 rings (SSSR count). The molecule has 0 aliphatic carbocycles. The van der Waals surface area contributed by atoms with Crippen molar-refractivity contribution in [3.8, 4) is 0 Å². The van der Waals surface area contributed by atoms with Crippen LogP contribution in [0.1, 0.15) is 13.3 Å². The third kappa shape index (κ3) is 0.775. The summed E-state index contributed by atoms with van der Waals surface area (Å²) in [6, 6.07) is 0. The summed E-state index contributed by atoms with van der Waals surface area (Å²) in [4.78, 5) is 0. The van der Waals surface area contributed by atoms with Crippen molar-refractivity contribution in [2.45, 2.75) is 25.6 Å². The fraction of sp³-hybridized carbons (Fsp3) is 1.00. The molecule has 0 radical (unpaired) electrons. The molecule has 2 saturated heterocycles. The van der Waals surface area contributed by atoms with Crippen LogP contribution >= 0.6 is 0 Å². The molecule has 3 atom stereocenters. The lowest BCUT2D eigenvalue weighted by Crippen LogP contribution is -2.19. The predicted molar refractivity (Wildman–Crippen MR) is 33.3 cm³/mol. The van der Waals surface area contributed by atoms with Crippen molar-refractivity contribution < 1.29 is 9.47 Å². The van der Waals surface area contributed by atoms with Crippen LogP contribution in [0.25, 0.3) is 0 Å². The molecule has 2 fully saturated rings. The molecule has 0 bridgehead atoms. The summed E-state index contributed by atoms with van der Waals surface area (Å²) in [5, 5.41) is 0. The average Bonchev–Trinajstić information content (AvgIpc) is 2.35. The maximum absolute atomic E-state index is 5.46. The summed E-state index contributed by atoms with van der Waals surface area (Å²) in [6.45, 7) is 3.99. The van der Waals surface area contributed by atoms with Crippen LogP contribution < -0.4 is 0 Å². The minimum absolute atomic E-state index is 0.421. The standard InChI is InChI=1S/C7H12O2/c1-5-4-9-6-2-3-8-7(5)6/h5-7H,2-4H2,1H3/t5-,6+,7+/m1/s1. The molecule has 0 amide bonds. The van der Waals surface area contributed by atoms with Gasteiger partial charge in [-0.05, 0) is 6.42 Å². The van der Waals surface area contributed by atoms with Gasteiger partial charge in [0.15, 0.2) is 0 Å². The van der Waals surface area contributed by atoms with Crippen LogP contribution in [0.2, 0.25) is 0 Å². The van der Waals surface area contributed by atoms with Gasteiger partial charge in [0.2, 0.25) is 0 Å². The third-order valence-corrected chi connectivity index (χ3v) is 2.21. The maximum Gasteiger partial charge on any atom is 0.0884 e. The average molecular weight is 128 g/mol. The Morgan fingerprint density at radius 1 is 1.33 bits per heavy atom. The van der Waals surface area contributed by atoms with Gasteiger partial charge in [-0.2, -0.15) is 0 Å². The zero-order valence-electron chi connectivity index (χ0n) is 5.67. The molecule has 0 N–H and O–H groups in total. The highest BCUT2D eigenvalue weighted by molar-refractivity contribution is 4.86. The first-order valence-corrected chi connectivity index (χ1v) is 3.61. The van der Waals surface area contributed by atoms with Crippen LogP contribution in [0, 0.1) is 5.92 Å². The highest BCUT2D eigenvalue weighted by Crippen LogP contribution is 2.29. The van der Waals surface area contributed by atoms with Gasteiger partial charge in [0.05, 0.1) is 18.8 Å². The Kier molecular flexibility index (Phi) is 1.24. The number of hydrogen-bond donors (Lipinski definition) is 0. The Balaban J connectivity index is 2.07. The van der Waals surface area contributed by atoms with E-state index in [1.54, 1.807) is 0 Å². The normalized spacial score (nSPS) is 49.7. The molecular formula is C7H12O2. The van der Waals surface area contributed by atoms with E-state index in [0.717, 1.165) is 19.6 Å². The van der Waals surface area contributed by atoms with E-state index in [1.807, 2.05) is 0 Å². The molecule has 0 aromatic rings. The van der Waals surface area contributed by atoms with Gasteiger partial charge < -0.3 is 9.47 Å². The van der Waals surface area contributed by atoms with Crippen molar-refractivity contribution in [1.29, 1.82) is 0 Å². The van der Waals surface area contributed by atoms with Gasteiger partial charge in [0.1, 0.15) is 0 Å². The number of ether oxygens (including phenoxy) is 2. The van der Waals surface area contributed by atoms with Crippen molar-refractivity contribution in [2.24, 2.45) is 5.92 Å². The molecule has 0 aromatic carbocycles. The minimum atomic E-state index is 0.421. The first kappa shape index (κ1) is 5.69. The second kappa shape index (κ2) is 1.96. The van der Waals surface area contributed by atoms with Crippen molar-refractivity contribution in [1.82, 2.24) is 0 Å². The first-order chi connectivity index (χ1) is 4.38. The Bertz CT molecular complexity index is 113. The van der Waals surface area contributed by atoms with E-state index >= 15 is 0 Å². The Hall–Kier alpha value is -0.0800. The van der Waals surface area contributed by atoms with Crippen LogP contribution in [0.15, 0.2) is 0 Å². The SMILES string of the molecule is C[C@@H]1CO[C@H]2CCO[C@@H]12. The lowest BCUT2D eigenvalue weighted by molar-refractivity contribution is 0.0658. The molecule has 52 valence electrons. The fourth-order valence-electron chi connectivity index (χ4n) is 1.67. The van der Waals surface area contributed by atoms with E-state index in [9.17, 15) is 0 Å². The molecule has 2 aliphatic rings. The van der Waals surface area contributed by atoms with Crippen LogP contribution in [0.5, 0.6) is 0 Å². The van der Waals surface area contributed by atoms with E-state index in [0.29, 0.717) is 18.1 Å². The predicted octanol–water partition coefficient (Wildman–Crippen LogP) is 0.810. The third-order valence-electron chi connectivity index (χ3n) is 2.21. The summed E-state index contributed by atoms with van der Waals surface area (Å²) in [5.74, 6) is 0.623. The smallest absolute Gasteiger partial charge is 0.0884 e. The number of fused-ring (bicyclic) bond motifs is 1. The van der Waals surface area contributed by atoms with Gasteiger partial charge >= 0.3 is 0 Å². The van der Waals surface area contributed by atoms with E-state index in [-0.39, 0.29) is 0 Å². The van der Waals surface area contributed by atoms with Crippen molar-refractivity contribution >= 4 is 0 Å². The largest absolute Gasteiger partial charge is 0.375 e. The Labute approximate surface area is 55.1 Å². The second-order valence-corrected chi connectivity index (χ2v) is 2.97. The first-order valence-electron chi connectivity index (χ1n) is 3.61. The zero-order chi connectivity index (χ0) is 6.27. The highest BCUT2D eigenvalue weighted by atomic mass is 16.6. The van der Waals surface area contributed by atoms with E-state index in [2.05, 4.69) is 6.92 Å². The quantitative estimate of drug-likeness (QED) is 0.480. The molecule has 0 unspecified atom stereocenters. The van der Waals surface area contributed by atoms with Gasteiger partial charge in [-0.1, -0.05) is 6.92 Å². The summed E-state index contributed by atoms with van der Waals surface area (Å²) < 4.78 is 10.9. The van der Waals surface area contributed by atoms with Crippen LogP contribution in [0.3, 0.4) is 0 Å². The van der Waals surface area contributed by atoms with Crippen LogP contribution in [0.4, 0.5) is 0 Å². The molecule has 9 heavy (non-hydrogen) atoms. The zero-order valence-corrected chi connectivity index (χ0v) is 5.67. The van der Waals surface area contributed by atoms with Crippen molar-refractivity contribution in [3.63, 3.8) is 0 Å². The minimum Gasteiger partial charge on any atom is -0.375 e. The summed E-state index contributed by atoms with van der Waals surface area (Å²) in [5.41, 5.74) is 0. The molecule has 0 spiro atoms. The maximum atomic E-state index is 5.46. The van der Waals surface area contributed by atoms with Crippen LogP contribution in [-0.4, -0.2) is 25.4 Å². The van der Waals surface area contributed by atoms with E-state index in [4.69, 9.17) is 9.47 Å².